The summed E-state index contributed by atoms with van der Waals surface area (Å²) in [5, 5.41) is 13.6. The number of carbonyl (C=O) groups is 1. The van der Waals surface area contributed by atoms with Crippen molar-refractivity contribution in [3.8, 4) is 0 Å². The summed E-state index contributed by atoms with van der Waals surface area (Å²) >= 11 is 3.20. The van der Waals surface area contributed by atoms with Crippen molar-refractivity contribution < 1.29 is 9.90 Å². The van der Waals surface area contributed by atoms with Gasteiger partial charge in [0.05, 0.1) is 9.96 Å². The summed E-state index contributed by atoms with van der Waals surface area (Å²) in [5.41, 5.74) is 0. The number of thiophene rings is 1. The fourth-order valence-electron chi connectivity index (χ4n) is 1.14. The van der Waals surface area contributed by atoms with Gasteiger partial charge in [0, 0.05) is 13.2 Å². The van der Waals surface area contributed by atoms with Crippen LogP contribution < -0.4 is 5.32 Å². The Labute approximate surface area is 104 Å². The average Bonchev–Trinajstić information content (AvgIpc) is 2.77. The highest BCUT2D eigenvalue weighted by atomic mass is 32.2. The lowest BCUT2D eigenvalue weighted by Gasteiger charge is -2.10. The molecule has 90 valence electrons. The van der Waals surface area contributed by atoms with Crippen molar-refractivity contribution in [3.05, 3.63) is 17.5 Å². The van der Waals surface area contributed by atoms with Gasteiger partial charge in [-0.2, -0.15) is 0 Å². The standard InChI is InChI=1S/C11H17NO2S2/c1-9(4-5-13)7-12-10(14)8-16-11-3-2-6-15-11/h2-3,6,9,13H,4-5,7-8H2,1H3,(H,12,14). The van der Waals surface area contributed by atoms with Crippen molar-refractivity contribution in [1.82, 2.24) is 5.32 Å². The molecule has 1 atom stereocenters. The fraction of sp³-hybridized carbons (Fsp3) is 0.545. The van der Waals surface area contributed by atoms with E-state index in [2.05, 4.69) is 5.32 Å². The molecule has 0 radical (unpaired) electrons. The summed E-state index contributed by atoms with van der Waals surface area (Å²) < 4.78 is 1.17. The predicted octanol–water partition coefficient (Wildman–Crippen LogP) is 1.97. The summed E-state index contributed by atoms with van der Waals surface area (Å²) in [6.07, 6.45) is 0.734. The number of thioether (sulfide) groups is 1. The zero-order valence-corrected chi connectivity index (χ0v) is 10.9. The van der Waals surface area contributed by atoms with Crippen LogP contribution in [0.4, 0.5) is 0 Å². The molecule has 0 aliphatic carbocycles. The van der Waals surface area contributed by atoms with Gasteiger partial charge in [0.15, 0.2) is 0 Å². The van der Waals surface area contributed by atoms with Crippen LogP contribution in [0.2, 0.25) is 0 Å². The van der Waals surface area contributed by atoms with Crippen molar-refractivity contribution in [3.63, 3.8) is 0 Å². The van der Waals surface area contributed by atoms with Crippen LogP contribution in [0.15, 0.2) is 21.7 Å². The van der Waals surface area contributed by atoms with Crippen LogP contribution in [0, 0.1) is 5.92 Å². The third kappa shape index (κ3) is 5.53. The van der Waals surface area contributed by atoms with E-state index in [4.69, 9.17) is 5.11 Å². The van der Waals surface area contributed by atoms with Gasteiger partial charge in [-0.15, -0.1) is 23.1 Å². The molecule has 16 heavy (non-hydrogen) atoms. The minimum Gasteiger partial charge on any atom is -0.396 e. The summed E-state index contributed by atoms with van der Waals surface area (Å²) in [6, 6.07) is 3.99. The Morgan fingerprint density at radius 2 is 2.50 bits per heavy atom. The van der Waals surface area contributed by atoms with Gasteiger partial charge in [0.2, 0.25) is 5.91 Å². The molecule has 0 bridgehead atoms. The Morgan fingerprint density at radius 3 is 3.12 bits per heavy atom. The third-order valence-electron chi connectivity index (χ3n) is 2.11. The molecule has 0 aromatic carbocycles. The minimum absolute atomic E-state index is 0.0585. The molecule has 5 heteroatoms. The number of aliphatic hydroxyl groups is 1. The number of hydrogen-bond acceptors (Lipinski definition) is 4. The number of rotatable bonds is 7. The Hall–Kier alpha value is -0.520. The molecule has 1 amide bonds. The number of nitrogens with one attached hydrogen (secondary N) is 1. The van der Waals surface area contributed by atoms with E-state index >= 15 is 0 Å². The summed E-state index contributed by atoms with van der Waals surface area (Å²) in [7, 11) is 0. The van der Waals surface area contributed by atoms with Crippen LogP contribution in [-0.2, 0) is 4.79 Å². The summed E-state index contributed by atoms with van der Waals surface area (Å²) in [6.45, 7) is 2.84. The van der Waals surface area contributed by atoms with Crippen LogP contribution in [0.5, 0.6) is 0 Å². The highest BCUT2D eigenvalue weighted by Crippen LogP contribution is 2.22. The van der Waals surface area contributed by atoms with Gasteiger partial charge in [0.25, 0.3) is 0 Å². The van der Waals surface area contributed by atoms with E-state index in [9.17, 15) is 4.79 Å². The molecule has 1 rings (SSSR count). The Balaban J connectivity index is 2.11. The van der Waals surface area contributed by atoms with Gasteiger partial charge < -0.3 is 10.4 Å². The van der Waals surface area contributed by atoms with E-state index in [0.717, 1.165) is 6.42 Å². The number of hydrogen-bond donors (Lipinski definition) is 2. The molecule has 0 aliphatic rings. The van der Waals surface area contributed by atoms with Crippen LogP contribution >= 0.6 is 23.1 Å². The SMILES string of the molecule is CC(CCO)CNC(=O)CSc1cccs1. The Bertz CT molecular complexity index is 301. The van der Waals surface area contributed by atoms with E-state index in [0.29, 0.717) is 18.2 Å². The molecule has 1 heterocycles. The number of carbonyl (C=O) groups excluding carboxylic acids is 1. The first-order valence-electron chi connectivity index (χ1n) is 5.26. The highest BCUT2D eigenvalue weighted by molar-refractivity contribution is 8.01. The predicted molar refractivity (Wildman–Crippen MR) is 68.9 cm³/mol. The second-order valence-electron chi connectivity index (χ2n) is 3.64. The topological polar surface area (TPSA) is 49.3 Å². The van der Waals surface area contributed by atoms with Gasteiger partial charge in [-0.25, -0.2) is 0 Å². The third-order valence-corrected chi connectivity index (χ3v) is 4.24. The van der Waals surface area contributed by atoms with E-state index < -0.39 is 0 Å². The number of amides is 1. The van der Waals surface area contributed by atoms with Crippen molar-refractivity contribution >= 4 is 29.0 Å². The van der Waals surface area contributed by atoms with Gasteiger partial charge >= 0.3 is 0 Å². The van der Waals surface area contributed by atoms with Crippen LogP contribution in [0.1, 0.15) is 13.3 Å². The Morgan fingerprint density at radius 1 is 1.69 bits per heavy atom. The maximum absolute atomic E-state index is 11.5. The first-order chi connectivity index (χ1) is 7.72. The molecular formula is C11H17NO2S2. The van der Waals surface area contributed by atoms with E-state index in [1.165, 1.54) is 4.21 Å². The lowest BCUT2D eigenvalue weighted by Crippen LogP contribution is -2.29. The molecule has 0 fully saturated rings. The van der Waals surface area contributed by atoms with Crippen molar-refractivity contribution in [2.75, 3.05) is 18.9 Å². The molecule has 2 N–H and O–H groups in total. The second-order valence-corrected chi connectivity index (χ2v) is 5.87. The first kappa shape index (κ1) is 13.5. The molecule has 0 aliphatic heterocycles. The first-order valence-corrected chi connectivity index (χ1v) is 7.12. The Kier molecular flexibility index (Phi) is 6.52. The fourth-order valence-corrected chi connectivity index (χ4v) is 2.76. The number of aliphatic hydroxyl groups excluding tert-OH is 1. The molecule has 1 aromatic heterocycles. The molecule has 0 saturated heterocycles. The zero-order valence-electron chi connectivity index (χ0n) is 9.31. The smallest absolute Gasteiger partial charge is 0.230 e. The second kappa shape index (κ2) is 7.70. The van der Waals surface area contributed by atoms with Crippen LogP contribution in [0.25, 0.3) is 0 Å². The highest BCUT2D eigenvalue weighted by Gasteiger charge is 2.06. The quantitative estimate of drug-likeness (QED) is 0.736. The maximum atomic E-state index is 11.5. The van der Waals surface area contributed by atoms with Gasteiger partial charge in [-0.05, 0) is 23.8 Å². The molecule has 1 unspecified atom stereocenters. The summed E-state index contributed by atoms with van der Waals surface area (Å²) in [4.78, 5) is 11.5. The van der Waals surface area contributed by atoms with Crippen molar-refractivity contribution in [1.29, 1.82) is 0 Å². The lowest BCUT2D eigenvalue weighted by molar-refractivity contribution is -0.118. The molecule has 0 saturated carbocycles. The molecular weight excluding hydrogens is 242 g/mol. The van der Waals surface area contributed by atoms with E-state index in [-0.39, 0.29) is 12.5 Å². The van der Waals surface area contributed by atoms with Crippen LogP contribution in [0.3, 0.4) is 0 Å². The molecule has 3 nitrogen and oxygen atoms in total. The van der Waals surface area contributed by atoms with Gasteiger partial charge in [0.1, 0.15) is 0 Å². The lowest BCUT2D eigenvalue weighted by atomic mass is 10.1. The summed E-state index contributed by atoms with van der Waals surface area (Å²) in [5.74, 6) is 0.857. The largest absolute Gasteiger partial charge is 0.396 e. The van der Waals surface area contributed by atoms with Crippen LogP contribution in [-0.4, -0.2) is 29.9 Å². The maximum Gasteiger partial charge on any atom is 0.230 e. The monoisotopic (exact) mass is 259 g/mol. The zero-order chi connectivity index (χ0) is 11.8. The average molecular weight is 259 g/mol. The molecule has 1 aromatic rings. The van der Waals surface area contributed by atoms with E-state index in [1.54, 1.807) is 23.1 Å². The van der Waals surface area contributed by atoms with Crippen molar-refractivity contribution in [2.24, 2.45) is 5.92 Å². The minimum atomic E-state index is 0.0585. The van der Waals surface area contributed by atoms with Gasteiger partial charge in [-0.3, -0.25) is 4.79 Å². The normalized spacial score (nSPS) is 12.4. The van der Waals surface area contributed by atoms with Crippen molar-refractivity contribution in [2.45, 2.75) is 17.6 Å². The van der Waals surface area contributed by atoms with E-state index in [1.807, 2.05) is 24.4 Å². The molecule has 0 spiro atoms. The van der Waals surface area contributed by atoms with Gasteiger partial charge in [-0.1, -0.05) is 13.0 Å².